The zero-order valence-electron chi connectivity index (χ0n) is 32.3. The minimum atomic E-state index is -3.95. The number of sulfonamides is 1. The molecule has 3 heterocycles. The lowest BCUT2D eigenvalue weighted by molar-refractivity contribution is -0.150. The number of pyridine rings is 1. The second-order valence-corrected chi connectivity index (χ2v) is 16.6. The first-order chi connectivity index (χ1) is 27.0. The molecule has 0 aliphatic carbocycles. The lowest BCUT2D eigenvalue weighted by atomic mass is 9.95. The maximum absolute atomic E-state index is 14.1. The van der Waals surface area contributed by atoms with E-state index in [4.69, 9.17) is 28.4 Å². The molecule has 0 saturated heterocycles. The van der Waals surface area contributed by atoms with Crippen LogP contribution in [0.5, 0.6) is 17.2 Å². The number of carbonyl (C=O) groups excluding carboxylic acids is 2. The molecule has 16 heteroatoms. The smallest absolute Gasteiger partial charge is 0.332 e. The van der Waals surface area contributed by atoms with E-state index in [1.807, 2.05) is 68.6 Å². The van der Waals surface area contributed by atoms with E-state index >= 15 is 0 Å². The van der Waals surface area contributed by atoms with Gasteiger partial charge in [0.2, 0.25) is 22.7 Å². The minimum absolute atomic E-state index is 0.0275. The third kappa shape index (κ3) is 13.0. The molecule has 1 aliphatic rings. The lowest BCUT2D eigenvalue weighted by Crippen LogP contribution is -2.37. The number of hydrogen-bond acceptors (Lipinski definition) is 13. The monoisotopic (exact) mass is 810 g/mol. The Kier molecular flexibility index (Phi) is 16.0. The zero-order valence-corrected chi connectivity index (χ0v) is 33.9. The molecular formula is C40H50N4O10S2. The molecule has 302 valence electrons. The molecule has 1 atom stereocenters. The zero-order chi connectivity index (χ0) is 39.9. The second kappa shape index (κ2) is 21.1. The Bertz CT molecular complexity index is 1960. The standard InChI is InChI=1S/C40H50N4O10S2/c1-29(2)22-44(56(47,48)36-12-13-37-38(21-36)54-28-53-37)23-32(31-8-10-35(11-9-31)52-24-34-27-55-30(3)42-34)15-18-51-40(46)26-50-20-19-49-25-39(45)43(4)17-14-33-7-5-6-16-41-33/h5-13,16,21,27,29,32H,14-15,17-20,22-26,28H2,1-4H3. The Morgan fingerprint density at radius 3 is 2.41 bits per heavy atom. The summed E-state index contributed by atoms with van der Waals surface area (Å²) in [5.74, 6) is 0.475. The van der Waals surface area contributed by atoms with Crippen molar-refractivity contribution < 1.29 is 46.4 Å². The Balaban J connectivity index is 1.14. The Labute approximate surface area is 332 Å². The largest absolute Gasteiger partial charge is 0.487 e. The van der Waals surface area contributed by atoms with Gasteiger partial charge in [0.05, 0.1) is 35.4 Å². The summed E-state index contributed by atoms with van der Waals surface area (Å²) in [6, 6.07) is 17.8. The second-order valence-electron chi connectivity index (χ2n) is 13.6. The number of hydrogen-bond donors (Lipinski definition) is 0. The molecule has 0 bridgehead atoms. The Morgan fingerprint density at radius 1 is 0.929 bits per heavy atom. The first-order valence-corrected chi connectivity index (χ1v) is 20.8. The third-order valence-corrected chi connectivity index (χ3v) is 11.4. The molecule has 5 rings (SSSR count). The summed E-state index contributed by atoms with van der Waals surface area (Å²) in [6.07, 6.45) is 2.70. The summed E-state index contributed by atoms with van der Waals surface area (Å²) < 4.78 is 62.9. The average Bonchev–Trinajstić information content (AvgIpc) is 3.85. The van der Waals surface area contributed by atoms with Gasteiger partial charge in [0, 0.05) is 62.4 Å². The highest BCUT2D eigenvalue weighted by molar-refractivity contribution is 7.89. The first-order valence-electron chi connectivity index (χ1n) is 18.5. The SMILES string of the molecule is Cc1nc(COc2ccc(C(CCOC(=O)COCCOCC(=O)N(C)CCc3ccccn3)CN(CC(C)C)S(=O)(=O)c3ccc4c(c3)OCO4)cc2)cs1. The fourth-order valence-corrected chi connectivity index (χ4v) is 8.06. The molecule has 2 aromatic heterocycles. The van der Waals surface area contributed by atoms with Crippen molar-refractivity contribution in [1.82, 2.24) is 19.2 Å². The number of ether oxygens (including phenoxy) is 6. The number of fused-ring (bicyclic) bond motifs is 1. The molecule has 0 saturated carbocycles. The molecule has 2 aromatic carbocycles. The van der Waals surface area contributed by atoms with E-state index in [0.717, 1.165) is 22.0 Å². The number of aryl methyl sites for hydroxylation is 1. The summed E-state index contributed by atoms with van der Waals surface area (Å²) in [6.45, 7) is 6.99. The van der Waals surface area contributed by atoms with Crippen molar-refractivity contribution in [3.63, 3.8) is 0 Å². The molecule has 56 heavy (non-hydrogen) atoms. The van der Waals surface area contributed by atoms with Gasteiger partial charge in [-0.15, -0.1) is 11.3 Å². The molecule has 0 fully saturated rings. The van der Waals surface area contributed by atoms with Gasteiger partial charge in [0.1, 0.15) is 25.6 Å². The van der Waals surface area contributed by atoms with Crippen LogP contribution in [-0.2, 0) is 46.9 Å². The Morgan fingerprint density at radius 2 is 1.70 bits per heavy atom. The van der Waals surface area contributed by atoms with Crippen molar-refractivity contribution in [2.75, 3.05) is 66.5 Å². The van der Waals surface area contributed by atoms with Crippen molar-refractivity contribution in [1.29, 1.82) is 0 Å². The van der Waals surface area contributed by atoms with Gasteiger partial charge in [-0.1, -0.05) is 32.0 Å². The van der Waals surface area contributed by atoms with Gasteiger partial charge >= 0.3 is 5.97 Å². The van der Waals surface area contributed by atoms with Crippen LogP contribution >= 0.6 is 11.3 Å². The predicted molar refractivity (Wildman–Crippen MR) is 209 cm³/mol. The summed E-state index contributed by atoms with van der Waals surface area (Å²) in [5, 5.41) is 2.92. The number of rotatable bonds is 23. The van der Waals surface area contributed by atoms with Crippen LogP contribution in [0.15, 0.2) is 77.1 Å². The van der Waals surface area contributed by atoms with Gasteiger partial charge in [-0.05, 0) is 61.2 Å². The summed E-state index contributed by atoms with van der Waals surface area (Å²) in [5.41, 5.74) is 2.61. The van der Waals surface area contributed by atoms with E-state index in [0.29, 0.717) is 43.2 Å². The number of amides is 1. The van der Waals surface area contributed by atoms with Gasteiger partial charge < -0.3 is 33.3 Å². The van der Waals surface area contributed by atoms with Crippen molar-refractivity contribution in [2.45, 2.75) is 51.0 Å². The highest BCUT2D eigenvalue weighted by Gasteiger charge is 2.30. The van der Waals surface area contributed by atoms with E-state index in [1.165, 1.54) is 16.4 Å². The van der Waals surface area contributed by atoms with Gasteiger partial charge in [-0.25, -0.2) is 18.2 Å². The van der Waals surface area contributed by atoms with Crippen LogP contribution < -0.4 is 14.2 Å². The normalized spacial score (nSPS) is 12.9. The molecule has 4 aromatic rings. The molecule has 1 amide bonds. The van der Waals surface area contributed by atoms with Crippen LogP contribution in [0.2, 0.25) is 0 Å². The average molecular weight is 811 g/mol. The van der Waals surface area contributed by atoms with E-state index in [-0.39, 0.29) is 75.6 Å². The fourth-order valence-electron chi connectivity index (χ4n) is 5.79. The quantitative estimate of drug-likeness (QED) is 0.0710. The van der Waals surface area contributed by atoms with Crippen molar-refractivity contribution in [3.05, 3.63) is 94.2 Å². The minimum Gasteiger partial charge on any atom is -0.487 e. The number of likely N-dealkylation sites (N-methyl/N-ethyl adjacent to an activating group) is 1. The van der Waals surface area contributed by atoms with Gasteiger partial charge in [0.25, 0.3) is 0 Å². The topological polar surface area (TPSA) is 156 Å². The molecule has 1 aliphatic heterocycles. The molecule has 1 unspecified atom stereocenters. The van der Waals surface area contributed by atoms with Crippen LogP contribution in [0.1, 0.15) is 48.1 Å². The van der Waals surface area contributed by atoms with Crippen LogP contribution in [0, 0.1) is 12.8 Å². The number of nitrogens with zero attached hydrogens (tertiary/aromatic N) is 4. The van der Waals surface area contributed by atoms with Gasteiger partial charge in [0.15, 0.2) is 11.5 Å². The maximum atomic E-state index is 14.1. The summed E-state index contributed by atoms with van der Waals surface area (Å²) in [7, 11) is -2.24. The van der Waals surface area contributed by atoms with Crippen molar-refractivity contribution >= 4 is 33.2 Å². The van der Waals surface area contributed by atoms with E-state index < -0.39 is 16.0 Å². The van der Waals surface area contributed by atoms with E-state index in [2.05, 4.69) is 9.97 Å². The fraction of sp³-hybridized carbons (Fsp3) is 0.450. The maximum Gasteiger partial charge on any atom is 0.332 e. The van der Waals surface area contributed by atoms with E-state index in [1.54, 1.807) is 35.5 Å². The summed E-state index contributed by atoms with van der Waals surface area (Å²) >= 11 is 1.56. The Hall–Kier alpha value is -4.61. The van der Waals surface area contributed by atoms with Gasteiger partial charge in [-0.2, -0.15) is 4.31 Å². The lowest BCUT2D eigenvalue weighted by Gasteiger charge is -2.29. The van der Waals surface area contributed by atoms with Crippen molar-refractivity contribution in [3.8, 4) is 17.2 Å². The van der Waals surface area contributed by atoms with Crippen molar-refractivity contribution in [2.24, 2.45) is 5.92 Å². The number of thiazole rings is 1. The van der Waals surface area contributed by atoms with Crippen LogP contribution in [0.4, 0.5) is 0 Å². The molecule has 0 N–H and O–H groups in total. The number of carbonyl (C=O) groups is 2. The van der Waals surface area contributed by atoms with Crippen LogP contribution in [0.25, 0.3) is 0 Å². The van der Waals surface area contributed by atoms with Crippen LogP contribution in [0.3, 0.4) is 0 Å². The summed E-state index contributed by atoms with van der Waals surface area (Å²) in [4.78, 5) is 35.4. The molecule has 14 nitrogen and oxygen atoms in total. The molecular weight excluding hydrogens is 761 g/mol. The number of aromatic nitrogens is 2. The highest BCUT2D eigenvalue weighted by Crippen LogP contribution is 2.35. The highest BCUT2D eigenvalue weighted by atomic mass is 32.2. The first kappa shape index (κ1) is 42.5. The van der Waals surface area contributed by atoms with E-state index in [9.17, 15) is 18.0 Å². The van der Waals surface area contributed by atoms with Crippen LogP contribution in [-0.4, -0.2) is 106 Å². The third-order valence-electron chi connectivity index (χ3n) is 8.78. The number of esters is 1. The number of benzene rings is 2. The molecule has 0 spiro atoms. The predicted octanol–water partition coefficient (Wildman–Crippen LogP) is 5.25. The van der Waals surface area contributed by atoms with Gasteiger partial charge in [-0.3, -0.25) is 9.78 Å². The molecule has 0 radical (unpaired) electrons.